The molecule has 0 radical (unpaired) electrons. The second-order valence-electron chi connectivity index (χ2n) is 4.05. The Morgan fingerprint density at radius 2 is 2.32 bits per heavy atom. The van der Waals surface area contributed by atoms with E-state index in [4.69, 9.17) is 5.73 Å². The molecule has 0 bridgehead atoms. The molecular formula is C13H15N3OS2. The third kappa shape index (κ3) is 3.56. The predicted octanol–water partition coefficient (Wildman–Crippen LogP) is 3.14. The Labute approximate surface area is 120 Å². The molecule has 3 N–H and O–H groups in total. The second kappa shape index (κ2) is 6.18. The Balaban J connectivity index is 2.11. The Morgan fingerprint density at radius 3 is 2.95 bits per heavy atom. The molecule has 1 heterocycles. The highest BCUT2D eigenvalue weighted by Gasteiger charge is 2.12. The summed E-state index contributed by atoms with van der Waals surface area (Å²) in [5.41, 5.74) is 6.91. The molecule has 1 aromatic carbocycles. The second-order valence-corrected chi connectivity index (χ2v) is 5.82. The van der Waals surface area contributed by atoms with Crippen molar-refractivity contribution in [3.8, 4) is 0 Å². The van der Waals surface area contributed by atoms with Gasteiger partial charge in [-0.15, -0.1) is 23.1 Å². The zero-order chi connectivity index (χ0) is 13.8. The highest BCUT2D eigenvalue weighted by atomic mass is 32.2. The maximum absolute atomic E-state index is 12.0. The van der Waals surface area contributed by atoms with Gasteiger partial charge >= 0.3 is 0 Å². The molecule has 19 heavy (non-hydrogen) atoms. The first-order valence-electron chi connectivity index (χ1n) is 5.76. The molecule has 0 aliphatic rings. The van der Waals surface area contributed by atoms with Crippen molar-refractivity contribution in [2.45, 2.75) is 17.9 Å². The number of carbonyl (C=O) groups excluding carboxylic acids is 1. The summed E-state index contributed by atoms with van der Waals surface area (Å²) in [5.74, 6) is -0.207. The summed E-state index contributed by atoms with van der Waals surface area (Å²) in [4.78, 5) is 17.4. The lowest BCUT2D eigenvalue weighted by Crippen LogP contribution is -2.13. The maximum atomic E-state index is 12.0. The summed E-state index contributed by atoms with van der Waals surface area (Å²) < 4.78 is 0. The highest BCUT2D eigenvalue weighted by Crippen LogP contribution is 2.20. The fourth-order valence-electron chi connectivity index (χ4n) is 1.50. The number of nitrogens with zero attached hydrogens (tertiary/aromatic N) is 1. The standard InChI is InChI=1S/C13H15N3OS2/c1-8(14)13-16-11(7-19-13)12(17)15-9-4-3-5-10(6-9)18-2/h3-8H,14H2,1-2H3,(H,15,17). The van der Waals surface area contributed by atoms with Crippen LogP contribution < -0.4 is 11.1 Å². The van der Waals surface area contributed by atoms with E-state index >= 15 is 0 Å². The number of thiazole rings is 1. The van der Waals surface area contributed by atoms with Gasteiger partial charge in [0.05, 0.1) is 6.04 Å². The highest BCUT2D eigenvalue weighted by molar-refractivity contribution is 7.98. The van der Waals surface area contributed by atoms with Crippen LogP contribution in [-0.2, 0) is 0 Å². The number of nitrogens with one attached hydrogen (secondary N) is 1. The van der Waals surface area contributed by atoms with Crippen LogP contribution in [-0.4, -0.2) is 17.1 Å². The molecule has 1 amide bonds. The Morgan fingerprint density at radius 1 is 1.53 bits per heavy atom. The summed E-state index contributed by atoms with van der Waals surface area (Å²) in [6, 6.07) is 7.55. The van der Waals surface area contributed by atoms with E-state index in [1.54, 1.807) is 17.1 Å². The summed E-state index contributed by atoms with van der Waals surface area (Å²) in [6.07, 6.45) is 2.00. The minimum absolute atomic E-state index is 0.147. The van der Waals surface area contributed by atoms with Crippen molar-refractivity contribution in [2.24, 2.45) is 5.73 Å². The van der Waals surface area contributed by atoms with Gasteiger partial charge in [-0.05, 0) is 31.4 Å². The first kappa shape index (κ1) is 14.0. The lowest BCUT2D eigenvalue weighted by Gasteiger charge is -2.04. The van der Waals surface area contributed by atoms with Gasteiger partial charge in [-0.2, -0.15) is 0 Å². The smallest absolute Gasteiger partial charge is 0.275 e. The molecule has 100 valence electrons. The van der Waals surface area contributed by atoms with Gasteiger partial charge in [0.15, 0.2) is 0 Å². The van der Waals surface area contributed by atoms with Gasteiger partial charge in [-0.1, -0.05) is 6.07 Å². The van der Waals surface area contributed by atoms with Crippen molar-refractivity contribution < 1.29 is 4.79 Å². The number of nitrogens with two attached hydrogens (primary N) is 1. The molecule has 2 aromatic rings. The molecule has 0 saturated heterocycles. The van der Waals surface area contributed by atoms with Crippen molar-refractivity contribution >= 4 is 34.7 Å². The fourth-order valence-corrected chi connectivity index (χ4v) is 2.71. The molecule has 0 saturated carbocycles. The quantitative estimate of drug-likeness (QED) is 0.850. The van der Waals surface area contributed by atoms with Crippen LogP contribution in [0.3, 0.4) is 0 Å². The molecule has 0 aliphatic heterocycles. The Kier molecular flexibility index (Phi) is 4.57. The first-order chi connectivity index (χ1) is 9.10. The number of rotatable bonds is 4. The average Bonchev–Trinajstić information content (AvgIpc) is 2.89. The molecule has 0 fully saturated rings. The maximum Gasteiger partial charge on any atom is 0.275 e. The van der Waals surface area contributed by atoms with Gasteiger partial charge in [0, 0.05) is 16.0 Å². The number of thioether (sulfide) groups is 1. The fraction of sp³-hybridized carbons (Fsp3) is 0.231. The number of anilines is 1. The molecule has 1 aromatic heterocycles. The Hall–Kier alpha value is -1.37. The van der Waals surface area contributed by atoms with Crippen molar-refractivity contribution in [1.29, 1.82) is 0 Å². The molecule has 4 nitrogen and oxygen atoms in total. The Bertz CT molecular complexity index is 581. The van der Waals surface area contributed by atoms with E-state index in [2.05, 4.69) is 10.3 Å². The van der Waals surface area contributed by atoms with Crippen molar-refractivity contribution in [2.75, 3.05) is 11.6 Å². The largest absolute Gasteiger partial charge is 0.322 e. The SMILES string of the molecule is CSc1cccc(NC(=O)c2csc(C(C)N)n2)c1. The van der Waals surface area contributed by atoms with Gasteiger partial charge in [0.25, 0.3) is 5.91 Å². The molecule has 1 unspecified atom stereocenters. The first-order valence-corrected chi connectivity index (χ1v) is 7.87. The predicted molar refractivity (Wildman–Crippen MR) is 80.9 cm³/mol. The molecule has 6 heteroatoms. The third-order valence-corrected chi connectivity index (χ3v) is 4.24. The normalized spacial score (nSPS) is 12.2. The summed E-state index contributed by atoms with van der Waals surface area (Å²) in [5, 5.41) is 5.33. The lowest BCUT2D eigenvalue weighted by atomic mass is 10.3. The lowest BCUT2D eigenvalue weighted by molar-refractivity contribution is 0.102. The number of amides is 1. The van der Waals surface area contributed by atoms with Crippen molar-refractivity contribution in [3.05, 3.63) is 40.3 Å². The monoisotopic (exact) mass is 293 g/mol. The van der Waals surface area contributed by atoms with Crippen LogP contribution in [0.25, 0.3) is 0 Å². The van der Waals surface area contributed by atoms with Gasteiger partial charge in [0.2, 0.25) is 0 Å². The van der Waals surface area contributed by atoms with E-state index in [-0.39, 0.29) is 11.9 Å². The van der Waals surface area contributed by atoms with E-state index in [1.165, 1.54) is 11.3 Å². The minimum Gasteiger partial charge on any atom is -0.322 e. The van der Waals surface area contributed by atoms with Crippen LogP contribution in [0.2, 0.25) is 0 Å². The van der Waals surface area contributed by atoms with Crippen molar-refractivity contribution in [1.82, 2.24) is 4.98 Å². The van der Waals surface area contributed by atoms with Gasteiger partial charge < -0.3 is 11.1 Å². The topological polar surface area (TPSA) is 68.0 Å². The van der Waals surface area contributed by atoms with Crippen molar-refractivity contribution in [3.63, 3.8) is 0 Å². The van der Waals surface area contributed by atoms with E-state index in [0.717, 1.165) is 15.6 Å². The molecule has 0 spiro atoms. The number of carbonyl (C=O) groups is 1. The molecular weight excluding hydrogens is 278 g/mol. The van der Waals surface area contributed by atoms with E-state index in [1.807, 2.05) is 37.4 Å². The van der Waals surface area contributed by atoms with Gasteiger partial charge in [-0.3, -0.25) is 4.79 Å². The number of aromatic nitrogens is 1. The minimum atomic E-state index is -0.207. The summed E-state index contributed by atoms with van der Waals surface area (Å²) >= 11 is 3.04. The van der Waals surface area contributed by atoms with Crippen LogP contribution in [0.15, 0.2) is 34.5 Å². The molecule has 1 atom stereocenters. The van der Waals surface area contributed by atoms with Crippen LogP contribution in [0, 0.1) is 0 Å². The average molecular weight is 293 g/mol. The number of hydrogen-bond donors (Lipinski definition) is 2. The molecule has 0 aliphatic carbocycles. The zero-order valence-corrected chi connectivity index (χ0v) is 12.3. The van der Waals surface area contributed by atoms with Crippen LogP contribution in [0.5, 0.6) is 0 Å². The van der Waals surface area contributed by atoms with Gasteiger partial charge in [-0.25, -0.2) is 4.98 Å². The van der Waals surface area contributed by atoms with Crippen LogP contribution >= 0.6 is 23.1 Å². The molecule has 2 rings (SSSR count). The van der Waals surface area contributed by atoms with E-state index in [0.29, 0.717) is 5.69 Å². The summed E-state index contributed by atoms with van der Waals surface area (Å²) in [7, 11) is 0. The van der Waals surface area contributed by atoms with E-state index < -0.39 is 0 Å². The van der Waals surface area contributed by atoms with Crippen LogP contribution in [0.1, 0.15) is 28.5 Å². The van der Waals surface area contributed by atoms with E-state index in [9.17, 15) is 4.79 Å². The number of hydrogen-bond acceptors (Lipinski definition) is 5. The summed E-state index contributed by atoms with van der Waals surface area (Å²) in [6.45, 7) is 1.85. The van der Waals surface area contributed by atoms with Gasteiger partial charge in [0.1, 0.15) is 10.7 Å². The number of benzene rings is 1. The van der Waals surface area contributed by atoms with Crippen LogP contribution in [0.4, 0.5) is 5.69 Å². The third-order valence-electron chi connectivity index (χ3n) is 2.47. The zero-order valence-electron chi connectivity index (χ0n) is 10.7.